The molecule has 2 aliphatic rings. The minimum Gasteiger partial charge on any atom is -0.341 e. The second kappa shape index (κ2) is 7.87. The first-order chi connectivity index (χ1) is 13.9. The van der Waals surface area contributed by atoms with Crippen molar-refractivity contribution >= 4 is 23.5 Å². The van der Waals surface area contributed by atoms with E-state index in [0.717, 1.165) is 48.2 Å². The SMILES string of the molecule is Cc1cc(C)nc(N2CCC(N[C@H]3CC(=O)N(c4ccc(F)cc4)C3=O)CC2)n1. The molecule has 4 rings (SSSR count). The topological polar surface area (TPSA) is 78.4 Å². The average molecular weight is 397 g/mol. The van der Waals surface area contributed by atoms with Crippen LogP contribution in [0.5, 0.6) is 0 Å². The Kier molecular flexibility index (Phi) is 5.27. The Labute approximate surface area is 168 Å². The van der Waals surface area contributed by atoms with Gasteiger partial charge in [0.05, 0.1) is 18.2 Å². The summed E-state index contributed by atoms with van der Waals surface area (Å²) in [6, 6.07) is 6.97. The molecule has 152 valence electrons. The predicted molar refractivity (Wildman–Crippen MR) is 107 cm³/mol. The molecular formula is C21H24FN5O2. The minimum absolute atomic E-state index is 0.122. The van der Waals surface area contributed by atoms with Crippen LogP contribution < -0.4 is 15.1 Å². The number of anilines is 2. The Hall–Kier alpha value is -2.87. The molecule has 0 spiro atoms. The molecule has 0 unspecified atom stereocenters. The van der Waals surface area contributed by atoms with E-state index in [0.29, 0.717) is 5.69 Å². The zero-order valence-corrected chi connectivity index (χ0v) is 16.6. The van der Waals surface area contributed by atoms with Crippen LogP contribution in [-0.2, 0) is 9.59 Å². The zero-order valence-electron chi connectivity index (χ0n) is 16.6. The molecule has 8 heteroatoms. The Morgan fingerprint density at radius 3 is 2.28 bits per heavy atom. The number of hydrogen-bond acceptors (Lipinski definition) is 6. The van der Waals surface area contributed by atoms with Crippen LogP contribution in [0.15, 0.2) is 30.3 Å². The van der Waals surface area contributed by atoms with E-state index >= 15 is 0 Å². The number of carbonyl (C=O) groups excluding carboxylic acids is 2. The largest absolute Gasteiger partial charge is 0.341 e. The molecule has 0 radical (unpaired) electrons. The lowest BCUT2D eigenvalue weighted by atomic mass is 10.0. The van der Waals surface area contributed by atoms with Gasteiger partial charge in [-0.15, -0.1) is 0 Å². The summed E-state index contributed by atoms with van der Waals surface area (Å²) in [7, 11) is 0. The van der Waals surface area contributed by atoms with E-state index in [9.17, 15) is 14.0 Å². The maximum atomic E-state index is 13.1. The molecule has 0 bridgehead atoms. The Balaban J connectivity index is 1.36. The number of hydrogen-bond donors (Lipinski definition) is 1. The summed E-state index contributed by atoms with van der Waals surface area (Å²) in [6.45, 7) is 5.50. The molecule has 3 heterocycles. The third-order valence-electron chi connectivity index (χ3n) is 5.42. The number of halogens is 1. The van der Waals surface area contributed by atoms with Gasteiger partial charge in [0.2, 0.25) is 11.9 Å². The van der Waals surface area contributed by atoms with Crippen molar-refractivity contribution in [3.05, 3.63) is 47.5 Å². The molecule has 1 N–H and O–H groups in total. The summed E-state index contributed by atoms with van der Waals surface area (Å²) in [5.41, 5.74) is 2.31. The number of nitrogens with one attached hydrogen (secondary N) is 1. The summed E-state index contributed by atoms with van der Waals surface area (Å²) < 4.78 is 13.1. The van der Waals surface area contributed by atoms with Gasteiger partial charge in [-0.05, 0) is 57.0 Å². The second-order valence-electron chi connectivity index (χ2n) is 7.68. The molecular weight excluding hydrogens is 373 g/mol. The molecule has 2 fully saturated rings. The van der Waals surface area contributed by atoms with Gasteiger partial charge >= 0.3 is 0 Å². The van der Waals surface area contributed by atoms with Crippen molar-refractivity contribution in [1.82, 2.24) is 15.3 Å². The third-order valence-corrected chi connectivity index (χ3v) is 5.42. The van der Waals surface area contributed by atoms with E-state index < -0.39 is 11.9 Å². The molecule has 1 aromatic heterocycles. The first-order valence-corrected chi connectivity index (χ1v) is 9.86. The minimum atomic E-state index is -0.540. The quantitative estimate of drug-likeness (QED) is 0.797. The van der Waals surface area contributed by atoms with Crippen LogP contribution in [0.3, 0.4) is 0 Å². The molecule has 29 heavy (non-hydrogen) atoms. The van der Waals surface area contributed by atoms with E-state index in [-0.39, 0.29) is 24.3 Å². The molecule has 0 aliphatic carbocycles. The fourth-order valence-electron chi connectivity index (χ4n) is 4.00. The third kappa shape index (κ3) is 4.12. The van der Waals surface area contributed by atoms with E-state index in [1.54, 1.807) is 0 Å². The lowest BCUT2D eigenvalue weighted by Crippen LogP contribution is -2.49. The number of aryl methyl sites for hydroxylation is 2. The number of benzene rings is 1. The van der Waals surface area contributed by atoms with Gasteiger partial charge in [0.1, 0.15) is 5.82 Å². The Bertz CT molecular complexity index is 905. The van der Waals surface area contributed by atoms with Gasteiger partial charge in [-0.2, -0.15) is 0 Å². The fourth-order valence-corrected chi connectivity index (χ4v) is 4.00. The van der Waals surface area contributed by atoms with Crippen LogP contribution in [0.4, 0.5) is 16.0 Å². The Morgan fingerprint density at radius 1 is 1.03 bits per heavy atom. The van der Waals surface area contributed by atoms with Crippen LogP contribution in [0.2, 0.25) is 0 Å². The average Bonchev–Trinajstić information content (AvgIpc) is 2.96. The first-order valence-electron chi connectivity index (χ1n) is 9.86. The maximum absolute atomic E-state index is 13.1. The van der Waals surface area contributed by atoms with Gasteiger partial charge in [-0.25, -0.2) is 19.3 Å². The van der Waals surface area contributed by atoms with Gasteiger partial charge < -0.3 is 10.2 Å². The van der Waals surface area contributed by atoms with Crippen molar-refractivity contribution in [1.29, 1.82) is 0 Å². The molecule has 2 aromatic rings. The number of piperidine rings is 1. The van der Waals surface area contributed by atoms with Crippen LogP contribution in [0.1, 0.15) is 30.7 Å². The highest BCUT2D eigenvalue weighted by molar-refractivity contribution is 6.22. The van der Waals surface area contributed by atoms with Crippen molar-refractivity contribution < 1.29 is 14.0 Å². The van der Waals surface area contributed by atoms with Crippen molar-refractivity contribution in [3.63, 3.8) is 0 Å². The first kappa shape index (κ1) is 19.4. The molecule has 1 atom stereocenters. The van der Waals surface area contributed by atoms with E-state index in [1.165, 1.54) is 24.3 Å². The summed E-state index contributed by atoms with van der Waals surface area (Å²) in [5.74, 6) is -0.195. The van der Waals surface area contributed by atoms with Crippen LogP contribution >= 0.6 is 0 Å². The van der Waals surface area contributed by atoms with Gasteiger partial charge in [-0.1, -0.05) is 0 Å². The van der Waals surface area contributed by atoms with E-state index in [2.05, 4.69) is 20.2 Å². The summed E-state index contributed by atoms with van der Waals surface area (Å²) in [5, 5.41) is 3.35. The standard InChI is InChI=1S/C21H24FN5O2/c1-13-11-14(2)24-21(23-13)26-9-7-16(8-10-26)25-18-12-19(28)27(20(18)29)17-5-3-15(22)4-6-17/h3-6,11,16,18,25H,7-10,12H2,1-2H3/t18-/m0/s1. The van der Waals surface area contributed by atoms with Gasteiger partial charge in [-0.3, -0.25) is 9.59 Å². The number of amides is 2. The second-order valence-corrected chi connectivity index (χ2v) is 7.68. The highest BCUT2D eigenvalue weighted by Crippen LogP contribution is 2.25. The van der Waals surface area contributed by atoms with Crippen molar-refractivity contribution in [2.75, 3.05) is 22.9 Å². The van der Waals surface area contributed by atoms with Crippen LogP contribution in [0, 0.1) is 19.7 Å². The number of aromatic nitrogens is 2. The number of carbonyl (C=O) groups is 2. The molecule has 2 amide bonds. The summed E-state index contributed by atoms with van der Waals surface area (Å²) in [6.07, 6.45) is 1.80. The Morgan fingerprint density at radius 2 is 1.66 bits per heavy atom. The monoisotopic (exact) mass is 397 g/mol. The van der Waals surface area contributed by atoms with E-state index in [1.807, 2.05) is 19.9 Å². The summed E-state index contributed by atoms with van der Waals surface area (Å²) >= 11 is 0. The maximum Gasteiger partial charge on any atom is 0.251 e. The molecule has 0 saturated carbocycles. The summed E-state index contributed by atoms with van der Waals surface area (Å²) in [4.78, 5) is 37.5. The highest BCUT2D eigenvalue weighted by atomic mass is 19.1. The highest BCUT2D eigenvalue weighted by Gasteiger charge is 2.40. The van der Waals surface area contributed by atoms with Crippen LogP contribution in [0.25, 0.3) is 0 Å². The normalized spacial score (nSPS) is 20.6. The smallest absolute Gasteiger partial charge is 0.251 e. The lowest BCUT2D eigenvalue weighted by molar-refractivity contribution is -0.121. The van der Waals surface area contributed by atoms with Gasteiger partial charge in [0.15, 0.2) is 0 Å². The molecule has 1 aromatic carbocycles. The lowest BCUT2D eigenvalue weighted by Gasteiger charge is -2.33. The van der Waals surface area contributed by atoms with E-state index in [4.69, 9.17) is 0 Å². The number of rotatable bonds is 4. The van der Waals surface area contributed by atoms with Crippen molar-refractivity contribution in [3.8, 4) is 0 Å². The fraction of sp³-hybridized carbons (Fsp3) is 0.429. The number of nitrogens with zero attached hydrogens (tertiary/aromatic N) is 4. The zero-order chi connectivity index (χ0) is 20.5. The van der Waals surface area contributed by atoms with Crippen molar-refractivity contribution in [2.45, 2.75) is 45.2 Å². The van der Waals surface area contributed by atoms with Gasteiger partial charge in [0, 0.05) is 30.5 Å². The van der Waals surface area contributed by atoms with Crippen LogP contribution in [-0.4, -0.2) is 47.0 Å². The van der Waals surface area contributed by atoms with Gasteiger partial charge in [0.25, 0.3) is 5.91 Å². The van der Waals surface area contributed by atoms with Crippen molar-refractivity contribution in [2.24, 2.45) is 0 Å². The molecule has 7 nitrogen and oxygen atoms in total. The predicted octanol–water partition coefficient (Wildman–Crippen LogP) is 2.12. The molecule has 2 saturated heterocycles. The molecule has 2 aliphatic heterocycles. The number of imide groups is 1.